The summed E-state index contributed by atoms with van der Waals surface area (Å²) < 4.78 is 94.8. The van der Waals surface area contributed by atoms with Crippen LogP contribution in [-0.2, 0) is 0 Å². The van der Waals surface area contributed by atoms with Gasteiger partial charge in [0.15, 0.2) is 0 Å². The highest BCUT2D eigenvalue weighted by molar-refractivity contribution is 5.40. The molecule has 0 heterocycles. The van der Waals surface area contributed by atoms with Crippen molar-refractivity contribution < 1.29 is 30.7 Å². The highest BCUT2D eigenvalue weighted by atomic mass is 19.4. The van der Waals surface area contributed by atoms with Gasteiger partial charge in [0.05, 0.1) is 5.56 Å². The SMILES string of the molecule is CCCC1CCC(C(F)=C(F)C2CCC(c3cc(F)c(C#CC(F)(F)F)c(F)c3)CC2)CC1. The summed E-state index contributed by atoms with van der Waals surface area (Å²) in [5.41, 5.74) is -0.616. The third kappa shape index (κ3) is 6.77. The average Bonchev–Trinajstić information content (AvgIpc) is 2.77. The number of hydrogen-bond acceptors (Lipinski definition) is 0. The van der Waals surface area contributed by atoms with Gasteiger partial charge >= 0.3 is 6.18 Å². The van der Waals surface area contributed by atoms with Crippen LogP contribution in [0.2, 0.25) is 0 Å². The minimum absolute atomic E-state index is 0.268. The van der Waals surface area contributed by atoms with Crippen molar-refractivity contribution in [3.8, 4) is 11.8 Å². The molecule has 2 saturated carbocycles. The van der Waals surface area contributed by atoms with Crippen LogP contribution in [-0.4, -0.2) is 6.18 Å². The van der Waals surface area contributed by atoms with Crippen LogP contribution in [0.1, 0.15) is 88.2 Å². The van der Waals surface area contributed by atoms with Crippen LogP contribution in [0.25, 0.3) is 0 Å². The molecule has 33 heavy (non-hydrogen) atoms. The molecule has 2 fully saturated rings. The second kappa shape index (κ2) is 11.0. The van der Waals surface area contributed by atoms with Gasteiger partial charge < -0.3 is 0 Å². The number of hydrogen-bond donors (Lipinski definition) is 0. The molecular weight excluding hydrogens is 445 g/mol. The molecule has 7 heteroatoms. The van der Waals surface area contributed by atoms with E-state index < -0.39 is 40.9 Å². The third-order valence-corrected chi connectivity index (χ3v) is 7.08. The first kappa shape index (κ1) is 25.6. The summed E-state index contributed by atoms with van der Waals surface area (Å²) in [7, 11) is 0. The molecule has 0 saturated heterocycles. The first-order chi connectivity index (χ1) is 15.6. The molecule has 0 amide bonds. The Balaban J connectivity index is 1.62. The van der Waals surface area contributed by atoms with Crippen LogP contribution < -0.4 is 0 Å². The van der Waals surface area contributed by atoms with Crippen LogP contribution in [0.3, 0.4) is 0 Å². The summed E-state index contributed by atoms with van der Waals surface area (Å²) in [6, 6.07) is 1.99. The molecule has 0 unspecified atom stereocenters. The maximum absolute atomic E-state index is 14.9. The van der Waals surface area contributed by atoms with E-state index in [0.717, 1.165) is 43.7 Å². The molecule has 182 valence electrons. The van der Waals surface area contributed by atoms with E-state index in [1.165, 1.54) is 5.92 Å². The molecule has 0 radical (unpaired) electrons. The van der Waals surface area contributed by atoms with E-state index in [4.69, 9.17) is 0 Å². The van der Waals surface area contributed by atoms with Crippen molar-refractivity contribution in [1.29, 1.82) is 0 Å². The first-order valence-electron chi connectivity index (χ1n) is 11.7. The Kier molecular flexibility index (Phi) is 8.53. The fraction of sp³-hybridized carbons (Fsp3) is 0.615. The summed E-state index contributed by atoms with van der Waals surface area (Å²) in [6.45, 7) is 2.13. The first-order valence-corrected chi connectivity index (χ1v) is 11.7. The second-order valence-electron chi connectivity index (χ2n) is 9.36. The lowest BCUT2D eigenvalue weighted by Gasteiger charge is -2.31. The Hall–Kier alpha value is -1.97. The monoisotopic (exact) mass is 474 g/mol. The van der Waals surface area contributed by atoms with Crippen LogP contribution in [0.5, 0.6) is 0 Å². The Morgan fingerprint density at radius 2 is 1.33 bits per heavy atom. The number of allylic oxidation sites excluding steroid dienone is 2. The van der Waals surface area contributed by atoms with Crippen molar-refractivity contribution in [3.63, 3.8) is 0 Å². The summed E-state index contributed by atoms with van der Waals surface area (Å²) in [5, 5.41) is 0. The van der Waals surface area contributed by atoms with Gasteiger partial charge in [0.25, 0.3) is 0 Å². The van der Waals surface area contributed by atoms with Crippen LogP contribution in [0.15, 0.2) is 23.8 Å². The molecule has 3 rings (SSSR count). The summed E-state index contributed by atoms with van der Waals surface area (Å²) in [6.07, 6.45) is 2.10. The Labute approximate surface area is 190 Å². The van der Waals surface area contributed by atoms with Crippen molar-refractivity contribution in [1.82, 2.24) is 0 Å². The molecule has 0 atom stereocenters. The predicted octanol–water partition coefficient (Wildman–Crippen LogP) is 8.91. The second-order valence-corrected chi connectivity index (χ2v) is 9.36. The summed E-state index contributed by atoms with van der Waals surface area (Å²) in [4.78, 5) is 0. The van der Waals surface area contributed by atoms with Gasteiger partial charge in [-0.25, -0.2) is 17.6 Å². The van der Waals surface area contributed by atoms with E-state index >= 15 is 0 Å². The van der Waals surface area contributed by atoms with Crippen molar-refractivity contribution in [2.75, 3.05) is 0 Å². The number of halogens is 7. The minimum atomic E-state index is -4.85. The minimum Gasteiger partial charge on any atom is -0.209 e. The van der Waals surface area contributed by atoms with Gasteiger partial charge in [0.1, 0.15) is 23.3 Å². The Morgan fingerprint density at radius 3 is 1.79 bits per heavy atom. The zero-order valence-corrected chi connectivity index (χ0v) is 18.7. The van der Waals surface area contributed by atoms with Gasteiger partial charge in [-0.05, 0) is 80.9 Å². The van der Waals surface area contributed by atoms with Crippen LogP contribution >= 0.6 is 0 Å². The quantitative estimate of drug-likeness (QED) is 0.295. The molecule has 0 nitrogen and oxygen atoms in total. The standard InChI is InChI=1S/C26H29F7/c1-2-3-16-4-6-18(7-5-16)24(29)25(30)19-10-8-17(9-11-19)20-14-22(27)21(23(28)15-20)12-13-26(31,32)33/h14-19H,2-11H2,1H3. The van der Waals surface area contributed by atoms with Crippen molar-refractivity contribution in [2.45, 2.75) is 83.2 Å². The topological polar surface area (TPSA) is 0 Å². The lowest BCUT2D eigenvalue weighted by atomic mass is 9.76. The van der Waals surface area contributed by atoms with Crippen LogP contribution in [0, 0.1) is 41.2 Å². The van der Waals surface area contributed by atoms with Gasteiger partial charge in [-0.3, -0.25) is 0 Å². The van der Waals surface area contributed by atoms with Gasteiger partial charge in [-0.15, -0.1) is 0 Å². The maximum atomic E-state index is 14.9. The molecule has 0 spiro atoms. The molecule has 2 aliphatic rings. The van der Waals surface area contributed by atoms with Gasteiger partial charge in [0.2, 0.25) is 0 Å². The lowest BCUT2D eigenvalue weighted by molar-refractivity contribution is -0.0696. The molecule has 0 aliphatic heterocycles. The molecule has 0 N–H and O–H groups in total. The fourth-order valence-corrected chi connectivity index (χ4v) is 5.26. The van der Waals surface area contributed by atoms with Gasteiger partial charge in [-0.2, -0.15) is 13.2 Å². The van der Waals surface area contributed by atoms with Gasteiger partial charge in [-0.1, -0.05) is 25.7 Å². The zero-order valence-electron chi connectivity index (χ0n) is 18.7. The number of rotatable bonds is 5. The number of benzene rings is 1. The fourth-order valence-electron chi connectivity index (χ4n) is 5.26. The van der Waals surface area contributed by atoms with Crippen molar-refractivity contribution >= 4 is 0 Å². The predicted molar refractivity (Wildman–Crippen MR) is 114 cm³/mol. The zero-order chi connectivity index (χ0) is 24.2. The Bertz CT molecular complexity index is 880. The molecule has 2 aliphatic carbocycles. The third-order valence-electron chi connectivity index (χ3n) is 7.08. The normalized spacial score (nSPS) is 26.9. The van der Waals surface area contributed by atoms with E-state index in [1.807, 2.05) is 0 Å². The Morgan fingerprint density at radius 1 is 0.848 bits per heavy atom. The van der Waals surface area contributed by atoms with E-state index in [-0.39, 0.29) is 11.8 Å². The highest BCUT2D eigenvalue weighted by Crippen LogP contribution is 2.44. The van der Waals surface area contributed by atoms with Gasteiger partial charge in [0, 0.05) is 17.8 Å². The lowest BCUT2D eigenvalue weighted by Crippen LogP contribution is -2.19. The van der Waals surface area contributed by atoms with Crippen LogP contribution in [0.4, 0.5) is 30.7 Å². The molecular formula is C26H29F7. The van der Waals surface area contributed by atoms with Crippen molar-refractivity contribution in [2.24, 2.45) is 17.8 Å². The van der Waals surface area contributed by atoms with Crippen molar-refractivity contribution in [3.05, 3.63) is 46.5 Å². The van der Waals surface area contributed by atoms with E-state index in [1.54, 1.807) is 0 Å². The van der Waals surface area contributed by atoms with E-state index in [9.17, 15) is 30.7 Å². The molecule has 0 bridgehead atoms. The number of alkyl halides is 3. The summed E-state index contributed by atoms with van der Waals surface area (Å²) in [5.74, 6) is -1.80. The highest BCUT2D eigenvalue weighted by Gasteiger charge is 2.32. The molecule has 0 aromatic heterocycles. The maximum Gasteiger partial charge on any atom is 0.458 e. The van der Waals surface area contributed by atoms with E-state index in [2.05, 4.69) is 6.92 Å². The smallest absolute Gasteiger partial charge is 0.209 e. The largest absolute Gasteiger partial charge is 0.458 e. The molecule has 1 aromatic rings. The molecule has 1 aromatic carbocycles. The average molecular weight is 475 g/mol. The van der Waals surface area contributed by atoms with E-state index in [0.29, 0.717) is 50.0 Å². The summed E-state index contributed by atoms with van der Waals surface area (Å²) >= 11 is 0.